The Morgan fingerprint density at radius 3 is 2.17 bits per heavy atom. The fourth-order valence-electron chi connectivity index (χ4n) is 2.69. The first-order valence-electron chi connectivity index (χ1n) is 7.07. The minimum Gasteiger partial charge on any atom is -0.340 e. The molecule has 0 aromatic heterocycles. The van der Waals surface area contributed by atoms with Gasteiger partial charge in [-0.1, -0.05) is 12.8 Å². The van der Waals surface area contributed by atoms with E-state index in [9.17, 15) is 4.79 Å². The van der Waals surface area contributed by atoms with Crippen molar-refractivity contribution < 1.29 is 4.79 Å². The second-order valence-corrected chi connectivity index (χ2v) is 5.14. The molecule has 5 heteroatoms. The van der Waals surface area contributed by atoms with Crippen LogP contribution in [0.4, 0.5) is 0 Å². The van der Waals surface area contributed by atoms with Crippen molar-refractivity contribution in [2.45, 2.75) is 32.1 Å². The van der Waals surface area contributed by atoms with Gasteiger partial charge in [-0.25, -0.2) is 0 Å². The molecule has 18 heavy (non-hydrogen) atoms. The molecule has 0 aromatic carbocycles. The smallest absolute Gasteiger partial charge is 0.223 e. The number of amides is 1. The van der Waals surface area contributed by atoms with Gasteiger partial charge in [0.1, 0.15) is 0 Å². The lowest BCUT2D eigenvalue weighted by Gasteiger charge is -2.28. The zero-order valence-corrected chi connectivity index (χ0v) is 12.0. The third-order valence-electron chi connectivity index (χ3n) is 3.81. The second-order valence-electron chi connectivity index (χ2n) is 5.14. The molecule has 4 nitrogen and oxygen atoms in total. The van der Waals surface area contributed by atoms with Crippen molar-refractivity contribution in [3.05, 3.63) is 0 Å². The Morgan fingerprint density at radius 2 is 1.56 bits per heavy atom. The van der Waals surface area contributed by atoms with Gasteiger partial charge in [0.2, 0.25) is 5.91 Å². The highest BCUT2D eigenvalue weighted by Gasteiger charge is 2.17. The summed E-state index contributed by atoms with van der Waals surface area (Å²) in [5.41, 5.74) is 0. The van der Waals surface area contributed by atoms with Gasteiger partial charge in [-0.2, -0.15) is 0 Å². The predicted molar refractivity (Wildman–Crippen MR) is 76.2 cm³/mol. The molecule has 0 spiro atoms. The van der Waals surface area contributed by atoms with Crippen molar-refractivity contribution in [3.8, 4) is 0 Å². The zero-order chi connectivity index (χ0) is 11.9. The first-order valence-corrected chi connectivity index (χ1v) is 7.07. The highest BCUT2D eigenvalue weighted by atomic mass is 35.5. The highest BCUT2D eigenvalue weighted by molar-refractivity contribution is 5.85. The van der Waals surface area contributed by atoms with E-state index in [2.05, 4.69) is 10.2 Å². The molecule has 2 rings (SSSR count). The van der Waals surface area contributed by atoms with Gasteiger partial charge in [-0.05, 0) is 25.9 Å². The van der Waals surface area contributed by atoms with Gasteiger partial charge in [0.05, 0.1) is 0 Å². The van der Waals surface area contributed by atoms with E-state index in [0.29, 0.717) is 12.3 Å². The van der Waals surface area contributed by atoms with Crippen LogP contribution in [-0.4, -0.2) is 61.5 Å². The number of carbonyl (C=O) groups excluding carboxylic acids is 1. The number of piperazine rings is 1. The van der Waals surface area contributed by atoms with E-state index in [1.54, 1.807) is 0 Å². The van der Waals surface area contributed by atoms with Gasteiger partial charge in [0.15, 0.2) is 0 Å². The Balaban J connectivity index is 0.00000162. The van der Waals surface area contributed by atoms with E-state index in [1.165, 1.54) is 38.8 Å². The summed E-state index contributed by atoms with van der Waals surface area (Å²) in [4.78, 5) is 16.5. The molecule has 0 bridgehead atoms. The SMILES string of the molecule is Cl.O=C(CCN1CCCCCC1)N1CCNCC1. The molecule has 0 radical (unpaired) electrons. The van der Waals surface area contributed by atoms with Crippen LogP contribution >= 0.6 is 12.4 Å². The molecular formula is C13H26ClN3O. The third kappa shape index (κ3) is 5.12. The molecule has 0 atom stereocenters. The summed E-state index contributed by atoms with van der Waals surface area (Å²) in [5.74, 6) is 0.343. The van der Waals surface area contributed by atoms with Crippen LogP contribution in [0.1, 0.15) is 32.1 Å². The molecule has 0 aromatic rings. The lowest BCUT2D eigenvalue weighted by Crippen LogP contribution is -2.47. The van der Waals surface area contributed by atoms with Crippen molar-refractivity contribution in [2.24, 2.45) is 0 Å². The normalized spacial score (nSPS) is 22.1. The van der Waals surface area contributed by atoms with Gasteiger partial charge in [0.25, 0.3) is 0 Å². The summed E-state index contributed by atoms with van der Waals surface area (Å²) < 4.78 is 0. The lowest BCUT2D eigenvalue weighted by molar-refractivity contribution is -0.132. The first-order chi connectivity index (χ1) is 8.36. The Bertz CT molecular complexity index is 236. The number of hydrogen-bond donors (Lipinski definition) is 1. The summed E-state index contributed by atoms with van der Waals surface area (Å²) in [5, 5.41) is 3.28. The largest absolute Gasteiger partial charge is 0.340 e. The van der Waals surface area contributed by atoms with E-state index >= 15 is 0 Å². The van der Waals surface area contributed by atoms with Gasteiger partial charge in [-0.15, -0.1) is 12.4 Å². The predicted octanol–water partition coefficient (Wildman–Crippen LogP) is 1.11. The Labute approximate surface area is 116 Å². The van der Waals surface area contributed by atoms with E-state index in [-0.39, 0.29) is 12.4 Å². The lowest BCUT2D eigenvalue weighted by atomic mass is 10.2. The monoisotopic (exact) mass is 275 g/mol. The van der Waals surface area contributed by atoms with Crippen LogP contribution in [0.15, 0.2) is 0 Å². The number of hydrogen-bond acceptors (Lipinski definition) is 3. The quantitative estimate of drug-likeness (QED) is 0.838. The molecule has 2 heterocycles. The number of carbonyl (C=O) groups is 1. The molecular weight excluding hydrogens is 250 g/mol. The number of halogens is 1. The molecule has 0 saturated carbocycles. The van der Waals surface area contributed by atoms with Gasteiger partial charge < -0.3 is 15.1 Å². The summed E-state index contributed by atoms with van der Waals surface area (Å²) in [6.45, 7) is 7.02. The summed E-state index contributed by atoms with van der Waals surface area (Å²) in [7, 11) is 0. The number of rotatable bonds is 3. The molecule has 0 unspecified atom stereocenters. The maximum Gasteiger partial charge on any atom is 0.223 e. The summed E-state index contributed by atoms with van der Waals surface area (Å²) in [6.07, 6.45) is 6.05. The Hall–Kier alpha value is -0.320. The molecule has 2 aliphatic rings. The van der Waals surface area contributed by atoms with E-state index in [0.717, 1.165) is 32.7 Å². The van der Waals surface area contributed by atoms with Gasteiger partial charge >= 0.3 is 0 Å². The Kier molecular flexibility index (Phi) is 7.63. The number of likely N-dealkylation sites (tertiary alicyclic amines) is 1. The molecule has 0 aliphatic carbocycles. The molecule has 2 aliphatic heterocycles. The molecule has 106 valence electrons. The van der Waals surface area contributed by atoms with Crippen LogP contribution < -0.4 is 5.32 Å². The van der Waals surface area contributed by atoms with Crippen LogP contribution in [0, 0.1) is 0 Å². The fourth-order valence-corrected chi connectivity index (χ4v) is 2.69. The number of nitrogens with one attached hydrogen (secondary N) is 1. The molecule has 1 N–H and O–H groups in total. The van der Waals surface area contributed by atoms with Crippen LogP contribution in [0.2, 0.25) is 0 Å². The van der Waals surface area contributed by atoms with Crippen LogP contribution in [0.3, 0.4) is 0 Å². The summed E-state index contributed by atoms with van der Waals surface area (Å²) >= 11 is 0. The molecule has 2 fully saturated rings. The van der Waals surface area contributed by atoms with Crippen molar-refractivity contribution in [1.82, 2.24) is 15.1 Å². The standard InChI is InChI=1S/C13H25N3O.ClH/c17-13(16-11-6-14-7-12-16)5-10-15-8-3-1-2-4-9-15;/h14H,1-12H2;1H. The highest BCUT2D eigenvalue weighted by Crippen LogP contribution is 2.10. The topological polar surface area (TPSA) is 35.6 Å². The van der Waals surface area contributed by atoms with Crippen LogP contribution in [0.5, 0.6) is 0 Å². The first kappa shape index (κ1) is 15.7. The van der Waals surface area contributed by atoms with Gasteiger partial charge in [0, 0.05) is 39.1 Å². The minimum atomic E-state index is 0. The average Bonchev–Trinajstić information content (AvgIpc) is 2.65. The second kappa shape index (κ2) is 8.73. The third-order valence-corrected chi connectivity index (χ3v) is 3.81. The average molecular weight is 276 g/mol. The minimum absolute atomic E-state index is 0. The van der Waals surface area contributed by atoms with Crippen molar-refractivity contribution in [1.29, 1.82) is 0 Å². The maximum atomic E-state index is 12.0. The van der Waals surface area contributed by atoms with Gasteiger partial charge in [-0.3, -0.25) is 4.79 Å². The van der Waals surface area contributed by atoms with Crippen LogP contribution in [-0.2, 0) is 4.79 Å². The van der Waals surface area contributed by atoms with Crippen LogP contribution in [0.25, 0.3) is 0 Å². The van der Waals surface area contributed by atoms with Crippen molar-refractivity contribution in [3.63, 3.8) is 0 Å². The van der Waals surface area contributed by atoms with Crippen molar-refractivity contribution in [2.75, 3.05) is 45.8 Å². The van der Waals surface area contributed by atoms with E-state index in [1.807, 2.05) is 4.90 Å². The number of nitrogens with zero attached hydrogens (tertiary/aromatic N) is 2. The van der Waals surface area contributed by atoms with Crippen molar-refractivity contribution >= 4 is 18.3 Å². The van der Waals surface area contributed by atoms with E-state index < -0.39 is 0 Å². The molecule has 2 saturated heterocycles. The molecule has 1 amide bonds. The zero-order valence-electron chi connectivity index (χ0n) is 11.2. The maximum absolute atomic E-state index is 12.0. The van der Waals surface area contributed by atoms with E-state index in [4.69, 9.17) is 0 Å². The fraction of sp³-hybridized carbons (Fsp3) is 0.923. The summed E-state index contributed by atoms with van der Waals surface area (Å²) in [6, 6.07) is 0. The Morgan fingerprint density at radius 1 is 0.944 bits per heavy atom.